The minimum atomic E-state index is -0.567. The van der Waals surface area contributed by atoms with Crippen LogP contribution in [0.2, 0.25) is 5.02 Å². The fourth-order valence-corrected chi connectivity index (χ4v) is 3.66. The van der Waals surface area contributed by atoms with E-state index in [1.54, 1.807) is 23.6 Å². The van der Waals surface area contributed by atoms with Gasteiger partial charge in [0.25, 0.3) is 5.56 Å². The number of esters is 1. The number of nitrogens with zero attached hydrogens (tertiary/aromatic N) is 3. The monoisotopic (exact) mass is 411 g/mol. The SMILES string of the molecule is Cc1cccc2nc(COC(=O)c3csc(-c4ccc(Cl)cc4)n3)cc(=O)n12. The number of rotatable bonds is 4. The summed E-state index contributed by atoms with van der Waals surface area (Å²) in [4.78, 5) is 33.3. The smallest absolute Gasteiger partial charge is 0.358 e. The van der Waals surface area contributed by atoms with Gasteiger partial charge in [0, 0.05) is 27.7 Å². The van der Waals surface area contributed by atoms with Crippen molar-refractivity contribution in [2.45, 2.75) is 13.5 Å². The number of aryl methyl sites for hydroxylation is 1. The van der Waals surface area contributed by atoms with Crippen LogP contribution >= 0.6 is 22.9 Å². The molecule has 0 fully saturated rings. The van der Waals surface area contributed by atoms with Crippen LogP contribution < -0.4 is 5.56 Å². The lowest BCUT2D eigenvalue weighted by Gasteiger charge is -2.07. The molecule has 8 heteroatoms. The van der Waals surface area contributed by atoms with E-state index in [1.165, 1.54) is 21.8 Å². The highest BCUT2D eigenvalue weighted by atomic mass is 35.5. The summed E-state index contributed by atoms with van der Waals surface area (Å²) in [6.45, 7) is 1.72. The highest BCUT2D eigenvalue weighted by Gasteiger charge is 2.14. The second-order valence-electron chi connectivity index (χ2n) is 6.07. The third-order valence-corrected chi connectivity index (χ3v) is 5.23. The lowest BCUT2D eigenvalue weighted by atomic mass is 10.2. The third kappa shape index (κ3) is 3.67. The quantitative estimate of drug-likeness (QED) is 0.472. The lowest BCUT2D eigenvalue weighted by molar-refractivity contribution is 0.0462. The van der Waals surface area contributed by atoms with Crippen molar-refractivity contribution in [2.24, 2.45) is 0 Å². The van der Waals surface area contributed by atoms with Crippen molar-refractivity contribution < 1.29 is 9.53 Å². The number of halogens is 1. The average Bonchev–Trinajstić information content (AvgIpc) is 3.17. The number of carbonyl (C=O) groups is 1. The van der Waals surface area contributed by atoms with E-state index in [0.29, 0.717) is 21.4 Å². The van der Waals surface area contributed by atoms with Crippen LogP contribution in [0.25, 0.3) is 16.2 Å². The molecule has 0 saturated heterocycles. The van der Waals surface area contributed by atoms with Gasteiger partial charge in [-0.2, -0.15) is 0 Å². The van der Waals surface area contributed by atoms with E-state index in [1.807, 2.05) is 31.2 Å². The average molecular weight is 412 g/mol. The summed E-state index contributed by atoms with van der Waals surface area (Å²) in [5.41, 5.74) is 2.55. The number of aromatic nitrogens is 3. The van der Waals surface area contributed by atoms with Crippen LogP contribution in [0.1, 0.15) is 21.9 Å². The molecule has 3 aromatic heterocycles. The molecule has 0 radical (unpaired) electrons. The lowest BCUT2D eigenvalue weighted by Crippen LogP contribution is -2.18. The second-order valence-corrected chi connectivity index (χ2v) is 7.36. The molecule has 0 aliphatic rings. The first-order valence-corrected chi connectivity index (χ1v) is 9.64. The molecule has 140 valence electrons. The summed E-state index contributed by atoms with van der Waals surface area (Å²) in [5.74, 6) is -0.567. The predicted octanol–water partition coefficient (Wildman–Crippen LogP) is 4.14. The van der Waals surface area contributed by atoms with Crippen molar-refractivity contribution in [3.05, 3.63) is 86.4 Å². The standard InChI is InChI=1S/C20H14ClN3O3S/c1-12-3-2-4-17-22-15(9-18(25)24(12)17)10-27-20(26)16-11-28-19(23-16)13-5-7-14(21)8-6-13/h2-9,11H,10H2,1H3. The number of pyridine rings is 1. The molecule has 1 aromatic carbocycles. The molecule has 0 N–H and O–H groups in total. The minimum Gasteiger partial charge on any atom is -0.454 e. The molecule has 3 heterocycles. The Labute approximate surface area is 169 Å². The Morgan fingerprint density at radius 1 is 1.18 bits per heavy atom. The maximum Gasteiger partial charge on any atom is 0.358 e. The molecular formula is C20H14ClN3O3S. The molecule has 28 heavy (non-hydrogen) atoms. The number of fused-ring (bicyclic) bond motifs is 1. The molecule has 0 aliphatic heterocycles. The Morgan fingerprint density at radius 2 is 1.96 bits per heavy atom. The largest absolute Gasteiger partial charge is 0.454 e. The number of benzene rings is 1. The maximum absolute atomic E-state index is 12.3. The van der Waals surface area contributed by atoms with E-state index in [4.69, 9.17) is 16.3 Å². The van der Waals surface area contributed by atoms with Crippen molar-refractivity contribution in [2.75, 3.05) is 0 Å². The molecule has 6 nitrogen and oxygen atoms in total. The molecule has 0 amide bonds. The first-order chi connectivity index (χ1) is 13.5. The van der Waals surface area contributed by atoms with Crippen molar-refractivity contribution in [3.63, 3.8) is 0 Å². The van der Waals surface area contributed by atoms with Crippen molar-refractivity contribution in [1.29, 1.82) is 0 Å². The highest BCUT2D eigenvalue weighted by Crippen LogP contribution is 2.25. The van der Waals surface area contributed by atoms with Crippen LogP contribution in [-0.2, 0) is 11.3 Å². The van der Waals surface area contributed by atoms with Crippen molar-refractivity contribution in [1.82, 2.24) is 14.4 Å². The molecular weight excluding hydrogens is 398 g/mol. The van der Waals surface area contributed by atoms with Crippen molar-refractivity contribution >= 4 is 34.6 Å². The molecule has 4 rings (SSSR count). The van der Waals surface area contributed by atoms with E-state index in [-0.39, 0.29) is 17.9 Å². The van der Waals surface area contributed by atoms with Crippen LogP contribution in [0, 0.1) is 6.92 Å². The Balaban J connectivity index is 1.50. The zero-order chi connectivity index (χ0) is 19.7. The molecule has 0 atom stereocenters. The number of hydrogen-bond donors (Lipinski definition) is 0. The highest BCUT2D eigenvalue weighted by molar-refractivity contribution is 7.13. The maximum atomic E-state index is 12.3. The van der Waals surface area contributed by atoms with Crippen LogP contribution in [0.4, 0.5) is 0 Å². The summed E-state index contributed by atoms with van der Waals surface area (Å²) < 4.78 is 6.79. The van der Waals surface area contributed by atoms with Crippen molar-refractivity contribution in [3.8, 4) is 10.6 Å². The summed E-state index contributed by atoms with van der Waals surface area (Å²) in [6, 6.07) is 14.0. The van der Waals surface area contributed by atoms with Gasteiger partial charge < -0.3 is 4.74 Å². The van der Waals surface area contributed by atoms with Crippen LogP contribution in [0.5, 0.6) is 0 Å². The van der Waals surface area contributed by atoms with Gasteiger partial charge in [0.2, 0.25) is 0 Å². The first kappa shape index (κ1) is 18.3. The Bertz CT molecular complexity index is 1230. The Morgan fingerprint density at radius 3 is 2.75 bits per heavy atom. The summed E-state index contributed by atoms with van der Waals surface area (Å²) in [7, 11) is 0. The molecule has 0 unspecified atom stereocenters. The van der Waals surface area contributed by atoms with Gasteiger partial charge in [0.15, 0.2) is 5.69 Å². The fourth-order valence-electron chi connectivity index (χ4n) is 2.74. The van der Waals surface area contributed by atoms with E-state index in [9.17, 15) is 9.59 Å². The number of ether oxygens (including phenoxy) is 1. The minimum absolute atomic E-state index is 0.105. The van der Waals surface area contributed by atoms with E-state index in [2.05, 4.69) is 9.97 Å². The van der Waals surface area contributed by atoms with Crippen LogP contribution in [0.3, 0.4) is 0 Å². The topological polar surface area (TPSA) is 73.6 Å². The summed E-state index contributed by atoms with van der Waals surface area (Å²) >= 11 is 7.23. The number of thiazole rings is 1. The number of hydrogen-bond acceptors (Lipinski definition) is 6. The van der Waals surface area contributed by atoms with Gasteiger partial charge in [-0.3, -0.25) is 9.20 Å². The van der Waals surface area contributed by atoms with E-state index >= 15 is 0 Å². The molecule has 4 aromatic rings. The van der Waals surface area contributed by atoms with Gasteiger partial charge in [-0.25, -0.2) is 14.8 Å². The summed E-state index contributed by atoms with van der Waals surface area (Å²) in [5, 5.41) is 2.97. The van der Waals surface area contributed by atoms with E-state index < -0.39 is 5.97 Å². The molecule has 0 spiro atoms. The van der Waals surface area contributed by atoms with Gasteiger partial charge in [-0.05, 0) is 31.2 Å². The van der Waals surface area contributed by atoms with Gasteiger partial charge in [-0.15, -0.1) is 11.3 Å². The normalized spacial score (nSPS) is 10.9. The van der Waals surface area contributed by atoms with Crippen LogP contribution in [-0.4, -0.2) is 20.3 Å². The van der Waals surface area contributed by atoms with Gasteiger partial charge >= 0.3 is 5.97 Å². The molecule has 0 aliphatic carbocycles. The third-order valence-electron chi connectivity index (χ3n) is 4.09. The number of carbonyl (C=O) groups excluding carboxylic acids is 1. The van der Waals surface area contributed by atoms with Crippen LogP contribution in [0.15, 0.2) is 58.7 Å². The molecule has 0 saturated carbocycles. The zero-order valence-corrected chi connectivity index (χ0v) is 16.3. The van der Waals surface area contributed by atoms with Gasteiger partial charge in [0.1, 0.15) is 17.3 Å². The zero-order valence-electron chi connectivity index (χ0n) is 14.8. The molecule has 0 bridgehead atoms. The predicted molar refractivity (Wildman–Crippen MR) is 108 cm³/mol. The van der Waals surface area contributed by atoms with E-state index in [0.717, 1.165) is 11.3 Å². The second kappa shape index (κ2) is 7.53. The Hall–Kier alpha value is -3.03. The van der Waals surface area contributed by atoms with Gasteiger partial charge in [0.05, 0.1) is 5.69 Å². The van der Waals surface area contributed by atoms with Gasteiger partial charge in [-0.1, -0.05) is 29.8 Å². The first-order valence-electron chi connectivity index (χ1n) is 8.38. The fraction of sp³-hybridized carbons (Fsp3) is 0.100. The summed E-state index contributed by atoms with van der Waals surface area (Å²) in [6.07, 6.45) is 0. The Kier molecular flexibility index (Phi) is 4.93.